The number of β-amino-alcohol motifs (C(OH)–C–C–N with tert-alkyl or cyclic N) is 1. The zero-order valence-corrected chi connectivity index (χ0v) is 18.9. The smallest absolute Gasteiger partial charge is 0.194 e. The molecule has 0 spiro atoms. The van der Waals surface area contributed by atoms with Gasteiger partial charge < -0.3 is 25.0 Å². The molecule has 1 aliphatic rings. The number of guanidine groups is 1. The van der Waals surface area contributed by atoms with Gasteiger partial charge in [0.25, 0.3) is 0 Å². The topological polar surface area (TPSA) is 88.9 Å². The van der Waals surface area contributed by atoms with Crippen molar-refractivity contribution in [3.63, 3.8) is 0 Å². The standard InChI is InChI=1S/C24H26F3N5O2/c1-14-11-32(13-29-14)20-6-5-15(10-22(20)34-2)19-4-3-7-31(24(28)30-19)12-21(33)16-8-17(25)23(27)18(26)9-16/h5-6,8-11,13,19,21,33H,3-4,7,12H2,1-2H3,(H2,28,30). The van der Waals surface area contributed by atoms with Gasteiger partial charge in [-0.15, -0.1) is 0 Å². The normalized spacial score (nSPS) is 17.3. The van der Waals surface area contributed by atoms with Gasteiger partial charge in [-0.3, -0.25) is 0 Å². The molecule has 3 aromatic rings. The van der Waals surface area contributed by atoms with E-state index in [0.717, 1.165) is 35.5 Å². The molecular weight excluding hydrogens is 447 g/mol. The first-order valence-corrected chi connectivity index (χ1v) is 10.9. The van der Waals surface area contributed by atoms with Crippen LogP contribution in [0.1, 0.15) is 41.8 Å². The minimum Gasteiger partial charge on any atom is -0.495 e. The molecule has 3 N–H and O–H groups in total. The molecular formula is C24H26F3N5O2. The summed E-state index contributed by atoms with van der Waals surface area (Å²) in [5.74, 6) is -3.40. The number of ether oxygens (including phenoxy) is 1. The number of imidazole rings is 1. The number of aliphatic imine (C=N–C) groups is 1. The molecule has 7 nitrogen and oxygen atoms in total. The molecule has 34 heavy (non-hydrogen) atoms. The van der Waals surface area contributed by atoms with Gasteiger partial charge in [0.05, 0.1) is 43.5 Å². The number of aryl methyl sites for hydroxylation is 1. The summed E-state index contributed by atoms with van der Waals surface area (Å²) in [7, 11) is 1.60. The highest BCUT2D eigenvalue weighted by atomic mass is 19.2. The van der Waals surface area contributed by atoms with Gasteiger partial charge in [-0.1, -0.05) is 6.07 Å². The van der Waals surface area contributed by atoms with Crippen molar-refractivity contribution in [1.29, 1.82) is 0 Å². The highest BCUT2D eigenvalue weighted by Crippen LogP contribution is 2.32. The summed E-state index contributed by atoms with van der Waals surface area (Å²) in [4.78, 5) is 10.5. The Morgan fingerprint density at radius 1 is 1.21 bits per heavy atom. The molecule has 0 radical (unpaired) electrons. The lowest BCUT2D eigenvalue weighted by Crippen LogP contribution is -2.40. The van der Waals surface area contributed by atoms with E-state index in [-0.39, 0.29) is 24.1 Å². The van der Waals surface area contributed by atoms with Gasteiger partial charge >= 0.3 is 0 Å². The number of aromatic nitrogens is 2. The average molecular weight is 473 g/mol. The zero-order chi connectivity index (χ0) is 24.4. The first kappa shape index (κ1) is 23.6. The maximum atomic E-state index is 13.6. The van der Waals surface area contributed by atoms with Gasteiger partial charge in [-0.05, 0) is 55.2 Å². The van der Waals surface area contributed by atoms with E-state index in [2.05, 4.69) is 9.98 Å². The Morgan fingerprint density at radius 3 is 2.59 bits per heavy atom. The summed E-state index contributed by atoms with van der Waals surface area (Å²) in [6, 6.07) is 7.16. The average Bonchev–Trinajstić information content (AvgIpc) is 3.17. The summed E-state index contributed by atoms with van der Waals surface area (Å²) in [6.07, 6.45) is 3.78. The van der Waals surface area contributed by atoms with Crippen LogP contribution in [-0.4, -0.2) is 45.7 Å². The molecule has 0 amide bonds. The highest BCUT2D eigenvalue weighted by molar-refractivity contribution is 5.78. The van der Waals surface area contributed by atoms with Crippen molar-refractivity contribution in [2.45, 2.75) is 31.9 Å². The largest absolute Gasteiger partial charge is 0.495 e. The van der Waals surface area contributed by atoms with Crippen LogP contribution in [-0.2, 0) is 0 Å². The molecule has 0 saturated heterocycles. The summed E-state index contributed by atoms with van der Waals surface area (Å²) >= 11 is 0. The van der Waals surface area contributed by atoms with Crippen molar-refractivity contribution in [2.75, 3.05) is 20.2 Å². The summed E-state index contributed by atoms with van der Waals surface area (Å²) in [6.45, 7) is 2.37. The maximum absolute atomic E-state index is 13.6. The van der Waals surface area contributed by atoms with Crippen molar-refractivity contribution in [1.82, 2.24) is 14.5 Å². The minimum absolute atomic E-state index is 0.0329. The molecule has 0 saturated carbocycles. The number of halogens is 3. The number of benzene rings is 2. The Balaban J connectivity index is 1.53. The molecule has 2 atom stereocenters. The minimum atomic E-state index is -1.57. The number of nitrogens with zero attached hydrogens (tertiary/aromatic N) is 4. The molecule has 4 rings (SSSR count). The second kappa shape index (κ2) is 9.76. The van der Waals surface area contributed by atoms with Crippen molar-refractivity contribution < 1.29 is 23.0 Å². The van der Waals surface area contributed by atoms with Gasteiger partial charge in [0.15, 0.2) is 23.4 Å². The van der Waals surface area contributed by atoms with Gasteiger partial charge in [0.2, 0.25) is 0 Å². The van der Waals surface area contributed by atoms with Crippen molar-refractivity contribution in [3.05, 3.63) is 77.1 Å². The number of methoxy groups -OCH3 is 1. The molecule has 2 heterocycles. The molecule has 2 unspecified atom stereocenters. The summed E-state index contributed by atoms with van der Waals surface area (Å²) < 4.78 is 47.8. The first-order valence-electron chi connectivity index (χ1n) is 10.9. The molecule has 1 aliphatic heterocycles. The van der Waals surface area contributed by atoms with Crippen LogP contribution >= 0.6 is 0 Å². The lowest BCUT2D eigenvalue weighted by Gasteiger charge is -2.25. The third-order valence-electron chi connectivity index (χ3n) is 5.88. The third-order valence-corrected chi connectivity index (χ3v) is 5.88. The van der Waals surface area contributed by atoms with Crippen molar-refractivity contribution in [2.24, 2.45) is 10.7 Å². The highest BCUT2D eigenvalue weighted by Gasteiger charge is 2.23. The molecule has 180 valence electrons. The number of aliphatic hydroxyl groups is 1. The lowest BCUT2D eigenvalue weighted by molar-refractivity contribution is 0.142. The number of rotatable bonds is 6. The van der Waals surface area contributed by atoms with Gasteiger partial charge in [0, 0.05) is 12.7 Å². The number of hydrogen-bond acceptors (Lipinski definition) is 6. The number of nitrogens with two attached hydrogens (primary N) is 1. The second-order valence-corrected chi connectivity index (χ2v) is 8.26. The predicted octanol–water partition coefficient (Wildman–Crippen LogP) is 3.79. The van der Waals surface area contributed by atoms with Crippen molar-refractivity contribution in [3.8, 4) is 11.4 Å². The number of aliphatic hydroxyl groups excluding tert-OH is 1. The van der Waals surface area contributed by atoms with Crippen LogP contribution in [0.4, 0.5) is 13.2 Å². The monoisotopic (exact) mass is 473 g/mol. The zero-order valence-electron chi connectivity index (χ0n) is 18.9. The van der Waals surface area contributed by atoms with Crippen LogP contribution < -0.4 is 10.5 Å². The Labute approximate surface area is 195 Å². The third kappa shape index (κ3) is 4.86. The van der Waals surface area contributed by atoms with E-state index >= 15 is 0 Å². The van der Waals surface area contributed by atoms with Crippen LogP contribution in [0.15, 0.2) is 47.8 Å². The van der Waals surface area contributed by atoms with E-state index in [0.29, 0.717) is 18.7 Å². The van der Waals surface area contributed by atoms with E-state index in [1.165, 1.54) is 0 Å². The fourth-order valence-corrected chi connectivity index (χ4v) is 4.07. The molecule has 2 aromatic carbocycles. The molecule has 0 bridgehead atoms. The Morgan fingerprint density at radius 2 is 1.94 bits per heavy atom. The fourth-order valence-electron chi connectivity index (χ4n) is 4.07. The van der Waals surface area contributed by atoms with E-state index < -0.39 is 23.6 Å². The van der Waals surface area contributed by atoms with Gasteiger partial charge in [0.1, 0.15) is 5.75 Å². The van der Waals surface area contributed by atoms with Crippen LogP contribution in [0.3, 0.4) is 0 Å². The second-order valence-electron chi connectivity index (χ2n) is 8.26. The number of hydrogen-bond donors (Lipinski definition) is 2. The SMILES string of the molecule is COc1cc(C2CCCN(CC(O)c3cc(F)c(F)c(F)c3)C(N)=N2)ccc1-n1cnc(C)c1. The Hall–Kier alpha value is -3.53. The fraction of sp³-hybridized carbons (Fsp3) is 0.333. The van der Waals surface area contributed by atoms with Crippen molar-refractivity contribution >= 4 is 5.96 Å². The Kier molecular flexibility index (Phi) is 6.78. The van der Waals surface area contributed by atoms with E-state index in [1.54, 1.807) is 18.3 Å². The molecule has 1 aromatic heterocycles. The quantitative estimate of drug-likeness (QED) is 0.532. The molecule has 0 fully saturated rings. The van der Waals surface area contributed by atoms with E-state index in [4.69, 9.17) is 10.5 Å². The maximum Gasteiger partial charge on any atom is 0.194 e. The first-order chi connectivity index (χ1) is 16.3. The van der Waals surface area contributed by atoms with Gasteiger partial charge in [-0.25, -0.2) is 23.1 Å². The molecule has 0 aliphatic carbocycles. The van der Waals surface area contributed by atoms with Crippen LogP contribution in [0, 0.1) is 24.4 Å². The summed E-state index contributed by atoms with van der Waals surface area (Å²) in [5, 5.41) is 10.5. The molecule has 10 heteroatoms. The van der Waals surface area contributed by atoms with E-state index in [1.807, 2.05) is 35.9 Å². The van der Waals surface area contributed by atoms with E-state index in [9.17, 15) is 18.3 Å². The summed E-state index contributed by atoms with van der Waals surface area (Å²) in [5.41, 5.74) is 8.81. The van der Waals surface area contributed by atoms with Crippen LogP contribution in [0.5, 0.6) is 5.75 Å². The van der Waals surface area contributed by atoms with Crippen LogP contribution in [0.2, 0.25) is 0 Å². The van der Waals surface area contributed by atoms with Gasteiger partial charge in [-0.2, -0.15) is 0 Å². The Bertz CT molecular complexity index is 1190. The lowest BCUT2D eigenvalue weighted by atomic mass is 10.0. The predicted molar refractivity (Wildman–Crippen MR) is 121 cm³/mol. The van der Waals surface area contributed by atoms with Crippen LogP contribution in [0.25, 0.3) is 5.69 Å².